The molecule has 4 nitrogen and oxygen atoms in total. The van der Waals surface area contributed by atoms with E-state index in [0.717, 1.165) is 35.7 Å². The molecule has 4 heteroatoms. The first-order valence-electron chi connectivity index (χ1n) is 19.1. The van der Waals surface area contributed by atoms with Crippen molar-refractivity contribution < 1.29 is 9.47 Å². The summed E-state index contributed by atoms with van der Waals surface area (Å²) in [6, 6.07) is 39.5. The molecule has 258 valence electrons. The fourth-order valence-corrected chi connectivity index (χ4v) is 7.69. The quantitative estimate of drug-likeness (QED) is 0.103. The maximum atomic E-state index is 7.04. The van der Waals surface area contributed by atoms with Crippen molar-refractivity contribution in [2.24, 2.45) is 11.8 Å². The molecule has 2 heterocycles. The molecule has 0 aliphatic heterocycles. The van der Waals surface area contributed by atoms with Gasteiger partial charge in [-0.3, -0.25) is 0 Å². The second-order valence-corrected chi connectivity index (χ2v) is 14.0. The third-order valence-corrected chi connectivity index (χ3v) is 10.7. The van der Waals surface area contributed by atoms with Gasteiger partial charge >= 0.3 is 0 Å². The standard InChI is InChI=1S/C46H52N2O2/c1-5-9-19-33(7-3)31-49-45-29-44(48-41-27-17-13-23-37(41)38-24-14-18-28-42(38)48)46(50-32-34(8-4)20-10-6-2)30-43(45)47-39-25-15-11-21-35(39)36-22-12-16-26-40(36)47/h11-18,21-30,33-34H,5-10,19-20,31-32H2,1-4H3. The van der Waals surface area contributed by atoms with Crippen LogP contribution in [0.15, 0.2) is 109 Å². The van der Waals surface area contributed by atoms with E-state index in [4.69, 9.17) is 9.47 Å². The number of para-hydroxylation sites is 4. The van der Waals surface area contributed by atoms with Crippen LogP contribution in [0.4, 0.5) is 0 Å². The minimum Gasteiger partial charge on any atom is -0.491 e. The normalized spacial score (nSPS) is 13.0. The van der Waals surface area contributed by atoms with Gasteiger partial charge in [0.2, 0.25) is 0 Å². The van der Waals surface area contributed by atoms with Crippen molar-refractivity contribution in [3.63, 3.8) is 0 Å². The Morgan fingerprint density at radius 1 is 0.460 bits per heavy atom. The van der Waals surface area contributed by atoms with Crippen LogP contribution in [0, 0.1) is 11.8 Å². The van der Waals surface area contributed by atoms with Crippen LogP contribution >= 0.6 is 0 Å². The number of ether oxygens (including phenoxy) is 2. The molecule has 0 saturated heterocycles. The number of aromatic nitrogens is 2. The van der Waals surface area contributed by atoms with Crippen molar-refractivity contribution in [3.05, 3.63) is 109 Å². The third kappa shape index (κ3) is 6.49. The van der Waals surface area contributed by atoms with Gasteiger partial charge in [0.05, 0.1) is 46.7 Å². The number of hydrogen-bond acceptors (Lipinski definition) is 2. The largest absolute Gasteiger partial charge is 0.491 e. The van der Waals surface area contributed by atoms with Crippen molar-refractivity contribution in [3.8, 4) is 22.9 Å². The topological polar surface area (TPSA) is 28.3 Å². The number of rotatable bonds is 16. The van der Waals surface area contributed by atoms with E-state index in [1.54, 1.807) is 0 Å². The van der Waals surface area contributed by atoms with Crippen LogP contribution in [-0.4, -0.2) is 22.3 Å². The number of nitrogens with zero attached hydrogens (tertiary/aromatic N) is 2. The Morgan fingerprint density at radius 2 is 0.780 bits per heavy atom. The first-order chi connectivity index (χ1) is 24.7. The monoisotopic (exact) mass is 664 g/mol. The summed E-state index contributed by atoms with van der Waals surface area (Å²) in [7, 11) is 0. The summed E-state index contributed by atoms with van der Waals surface area (Å²) in [5.41, 5.74) is 6.72. The highest BCUT2D eigenvalue weighted by molar-refractivity contribution is 6.10. The van der Waals surface area contributed by atoms with Gasteiger partial charge in [0.15, 0.2) is 0 Å². The fourth-order valence-electron chi connectivity index (χ4n) is 7.69. The van der Waals surface area contributed by atoms with Crippen molar-refractivity contribution in [1.29, 1.82) is 0 Å². The first-order valence-corrected chi connectivity index (χ1v) is 19.1. The second kappa shape index (κ2) is 15.5. The molecule has 0 fully saturated rings. The van der Waals surface area contributed by atoms with Crippen LogP contribution in [-0.2, 0) is 0 Å². The lowest BCUT2D eigenvalue weighted by Gasteiger charge is -2.23. The molecule has 0 spiro atoms. The molecule has 0 radical (unpaired) electrons. The number of hydrogen-bond donors (Lipinski definition) is 0. The second-order valence-electron chi connectivity index (χ2n) is 14.0. The highest BCUT2D eigenvalue weighted by Gasteiger charge is 2.23. The maximum absolute atomic E-state index is 7.04. The summed E-state index contributed by atoms with van der Waals surface area (Å²) < 4.78 is 18.9. The third-order valence-electron chi connectivity index (χ3n) is 10.7. The van der Waals surface area contributed by atoms with Crippen molar-refractivity contribution in [2.75, 3.05) is 13.2 Å². The average Bonchev–Trinajstić information content (AvgIpc) is 3.68. The Bertz CT molecular complexity index is 1940. The summed E-state index contributed by atoms with van der Waals surface area (Å²) >= 11 is 0. The van der Waals surface area contributed by atoms with Crippen molar-refractivity contribution in [2.45, 2.75) is 79.1 Å². The summed E-state index contributed by atoms with van der Waals surface area (Å²) in [5.74, 6) is 2.76. The lowest BCUT2D eigenvalue weighted by molar-refractivity contribution is 0.227. The van der Waals surface area contributed by atoms with E-state index in [0.29, 0.717) is 25.0 Å². The maximum Gasteiger partial charge on any atom is 0.145 e. The highest BCUT2D eigenvalue weighted by Crippen LogP contribution is 2.43. The molecular weight excluding hydrogens is 613 g/mol. The molecule has 50 heavy (non-hydrogen) atoms. The highest BCUT2D eigenvalue weighted by atomic mass is 16.5. The Balaban J connectivity index is 1.49. The van der Waals surface area contributed by atoms with Gasteiger partial charge in [-0.15, -0.1) is 0 Å². The van der Waals surface area contributed by atoms with Gasteiger partial charge in [-0.2, -0.15) is 0 Å². The summed E-state index contributed by atoms with van der Waals surface area (Å²) in [6.07, 6.45) is 9.39. The van der Waals surface area contributed by atoms with E-state index < -0.39 is 0 Å². The molecule has 7 rings (SSSR count). The van der Waals surface area contributed by atoms with E-state index in [1.165, 1.54) is 82.1 Å². The minimum atomic E-state index is 0.498. The number of benzene rings is 5. The van der Waals surface area contributed by atoms with Crippen LogP contribution in [0.3, 0.4) is 0 Å². The zero-order valence-electron chi connectivity index (χ0n) is 30.3. The number of fused-ring (bicyclic) bond motifs is 6. The summed E-state index contributed by atoms with van der Waals surface area (Å²) in [4.78, 5) is 0. The zero-order chi connectivity index (χ0) is 34.5. The lowest BCUT2D eigenvalue weighted by Crippen LogP contribution is -2.15. The molecular formula is C46H52N2O2. The zero-order valence-corrected chi connectivity index (χ0v) is 30.3. The average molecular weight is 665 g/mol. The first kappa shape index (κ1) is 33.8. The van der Waals surface area contributed by atoms with Crippen LogP contribution in [0.25, 0.3) is 55.0 Å². The van der Waals surface area contributed by atoms with E-state index >= 15 is 0 Å². The molecule has 0 bridgehead atoms. The van der Waals surface area contributed by atoms with Gasteiger partial charge in [-0.05, 0) is 48.9 Å². The van der Waals surface area contributed by atoms with Gasteiger partial charge in [0.25, 0.3) is 0 Å². The van der Waals surface area contributed by atoms with Gasteiger partial charge in [0.1, 0.15) is 11.5 Å². The SMILES string of the molecule is CCCCC(CC)COc1cc(-n2c3ccccc3c3ccccc32)c(OCC(CC)CCCC)cc1-n1c2ccccc2c2ccccc21. The molecule has 5 aromatic carbocycles. The summed E-state index contributed by atoms with van der Waals surface area (Å²) in [6.45, 7) is 10.5. The minimum absolute atomic E-state index is 0.498. The van der Waals surface area contributed by atoms with Crippen molar-refractivity contribution in [1.82, 2.24) is 9.13 Å². The van der Waals surface area contributed by atoms with E-state index in [2.05, 4.69) is 146 Å². The van der Waals surface area contributed by atoms with Crippen LogP contribution in [0.5, 0.6) is 11.5 Å². The van der Waals surface area contributed by atoms with Crippen molar-refractivity contribution >= 4 is 43.6 Å². The molecule has 2 unspecified atom stereocenters. The molecule has 0 N–H and O–H groups in total. The van der Waals surface area contributed by atoms with Gasteiger partial charge in [-0.25, -0.2) is 0 Å². The predicted molar refractivity (Wildman–Crippen MR) is 213 cm³/mol. The molecule has 2 aromatic heterocycles. The molecule has 0 saturated carbocycles. The van der Waals surface area contributed by atoms with E-state index in [1.807, 2.05) is 0 Å². The summed E-state index contributed by atoms with van der Waals surface area (Å²) in [5, 5.41) is 4.96. The van der Waals surface area contributed by atoms with Crippen LogP contribution in [0.1, 0.15) is 79.1 Å². The van der Waals surface area contributed by atoms with Gasteiger partial charge < -0.3 is 18.6 Å². The Kier molecular flexibility index (Phi) is 10.4. The Morgan fingerprint density at radius 3 is 1.08 bits per heavy atom. The van der Waals surface area contributed by atoms with Gasteiger partial charge in [0, 0.05) is 33.7 Å². The number of unbranched alkanes of at least 4 members (excludes halogenated alkanes) is 2. The molecule has 0 amide bonds. The lowest BCUT2D eigenvalue weighted by atomic mass is 10.0. The molecule has 7 aromatic rings. The molecule has 0 aliphatic carbocycles. The van der Waals surface area contributed by atoms with Crippen LogP contribution in [0.2, 0.25) is 0 Å². The molecule has 0 aliphatic rings. The smallest absolute Gasteiger partial charge is 0.145 e. The predicted octanol–water partition coefficient (Wildman–Crippen LogP) is 13.1. The molecule has 2 atom stereocenters. The van der Waals surface area contributed by atoms with Crippen LogP contribution < -0.4 is 9.47 Å². The fraction of sp³-hybridized carbons (Fsp3) is 0.348. The van der Waals surface area contributed by atoms with E-state index in [9.17, 15) is 0 Å². The van der Waals surface area contributed by atoms with Gasteiger partial charge in [-0.1, -0.05) is 139 Å². The Hall–Kier alpha value is -4.70. The van der Waals surface area contributed by atoms with E-state index in [-0.39, 0.29) is 0 Å². The Labute approximate surface area is 297 Å².